The number of aromatic nitrogens is 4. The van der Waals surface area contributed by atoms with Gasteiger partial charge in [0, 0.05) is 18.7 Å². The Bertz CT molecular complexity index is 1080. The zero-order chi connectivity index (χ0) is 17.7. The van der Waals surface area contributed by atoms with Gasteiger partial charge in [-0.2, -0.15) is 0 Å². The molecule has 1 atom stereocenters. The predicted octanol–water partition coefficient (Wildman–Crippen LogP) is 3.10. The lowest BCUT2D eigenvalue weighted by Gasteiger charge is -2.33. The molecule has 0 spiro atoms. The van der Waals surface area contributed by atoms with E-state index in [2.05, 4.69) is 15.0 Å². The molecule has 0 saturated heterocycles. The highest BCUT2D eigenvalue weighted by Crippen LogP contribution is 2.38. The Labute approximate surface area is 152 Å². The second-order valence-electron chi connectivity index (χ2n) is 6.20. The molecule has 130 valence electrons. The van der Waals surface area contributed by atoms with Gasteiger partial charge in [-0.05, 0) is 19.1 Å². The van der Waals surface area contributed by atoms with Gasteiger partial charge in [-0.25, -0.2) is 15.0 Å². The molecular formula is C18H15N5O2S. The molecule has 1 aromatic carbocycles. The smallest absolute Gasteiger partial charge is 0.292 e. The molecule has 8 heteroatoms. The van der Waals surface area contributed by atoms with Crippen LogP contribution in [0.2, 0.25) is 0 Å². The maximum absolute atomic E-state index is 13.1. The number of nitrogens with zero attached hydrogens (tertiary/aromatic N) is 4. The zero-order valence-corrected chi connectivity index (χ0v) is 14.8. The first kappa shape index (κ1) is 15.3. The van der Waals surface area contributed by atoms with E-state index in [9.17, 15) is 4.79 Å². The number of carbonyl (C=O) groups excluding carboxylic acids is 1. The van der Waals surface area contributed by atoms with Gasteiger partial charge >= 0.3 is 0 Å². The SMILES string of the molecule is Cc1ncoc1C(=O)N1CCc2[nH]cnc2[C@H]1c1nc2ccccc2s1. The van der Waals surface area contributed by atoms with Crippen molar-refractivity contribution in [2.24, 2.45) is 0 Å². The number of H-pyrrole nitrogens is 1. The minimum atomic E-state index is -0.334. The first-order valence-corrected chi connectivity index (χ1v) is 9.12. The monoisotopic (exact) mass is 365 g/mol. The standard InChI is InChI=1S/C18H15N5O2S/c1-10-16(25-9-21-10)18(24)23-7-6-12-14(20-8-19-12)15(23)17-22-11-4-2-3-5-13(11)26-17/h2-5,8-9,15H,6-7H2,1H3,(H,19,20)/t15-/m0/s1. The molecule has 5 rings (SSSR count). The number of rotatable bonds is 2. The molecule has 0 aliphatic carbocycles. The summed E-state index contributed by atoms with van der Waals surface area (Å²) in [6.45, 7) is 2.34. The van der Waals surface area contributed by atoms with Gasteiger partial charge in [0.15, 0.2) is 6.39 Å². The van der Waals surface area contributed by atoms with Crippen molar-refractivity contribution in [1.29, 1.82) is 0 Å². The van der Waals surface area contributed by atoms with Crippen LogP contribution in [0.5, 0.6) is 0 Å². The van der Waals surface area contributed by atoms with Crippen molar-refractivity contribution < 1.29 is 9.21 Å². The topological polar surface area (TPSA) is 87.9 Å². The number of amides is 1. The Morgan fingerprint density at radius 3 is 3.04 bits per heavy atom. The molecule has 0 unspecified atom stereocenters. The number of fused-ring (bicyclic) bond motifs is 2. The van der Waals surface area contributed by atoms with Crippen LogP contribution in [0.1, 0.15) is 38.7 Å². The van der Waals surface area contributed by atoms with E-state index < -0.39 is 0 Å². The maximum Gasteiger partial charge on any atom is 0.292 e. The van der Waals surface area contributed by atoms with E-state index in [1.54, 1.807) is 29.5 Å². The Balaban J connectivity index is 1.64. The van der Waals surface area contributed by atoms with Gasteiger partial charge < -0.3 is 14.3 Å². The molecule has 1 amide bonds. The van der Waals surface area contributed by atoms with Gasteiger partial charge in [0.25, 0.3) is 5.91 Å². The zero-order valence-electron chi connectivity index (χ0n) is 14.0. The van der Waals surface area contributed by atoms with Crippen LogP contribution < -0.4 is 0 Å². The van der Waals surface area contributed by atoms with E-state index in [4.69, 9.17) is 9.40 Å². The highest BCUT2D eigenvalue weighted by Gasteiger charge is 2.38. The summed E-state index contributed by atoms with van der Waals surface area (Å²) < 4.78 is 6.44. The second-order valence-corrected chi connectivity index (χ2v) is 7.27. The highest BCUT2D eigenvalue weighted by molar-refractivity contribution is 7.18. The maximum atomic E-state index is 13.1. The van der Waals surface area contributed by atoms with Crippen LogP contribution >= 0.6 is 11.3 Å². The van der Waals surface area contributed by atoms with Gasteiger partial charge in [-0.1, -0.05) is 12.1 Å². The summed E-state index contributed by atoms with van der Waals surface area (Å²) in [5.41, 5.74) is 3.41. The fraction of sp³-hybridized carbons (Fsp3) is 0.222. The number of benzene rings is 1. The number of imidazole rings is 1. The van der Waals surface area contributed by atoms with Gasteiger partial charge in [-0.15, -0.1) is 11.3 Å². The molecule has 0 saturated carbocycles. The number of hydrogen-bond donors (Lipinski definition) is 1. The number of hydrogen-bond acceptors (Lipinski definition) is 6. The first-order valence-electron chi connectivity index (χ1n) is 8.31. The van der Waals surface area contributed by atoms with E-state index >= 15 is 0 Å². The van der Waals surface area contributed by atoms with Crippen LogP contribution in [0.3, 0.4) is 0 Å². The van der Waals surface area contributed by atoms with Crippen LogP contribution in [-0.2, 0) is 6.42 Å². The van der Waals surface area contributed by atoms with Gasteiger partial charge in [0.05, 0.1) is 27.9 Å². The average Bonchev–Trinajstić information content (AvgIpc) is 3.38. The molecule has 4 heterocycles. The lowest BCUT2D eigenvalue weighted by Crippen LogP contribution is -2.40. The summed E-state index contributed by atoms with van der Waals surface area (Å²) in [7, 11) is 0. The number of para-hydroxylation sites is 1. The van der Waals surface area contributed by atoms with Crippen LogP contribution in [0.25, 0.3) is 10.2 Å². The fourth-order valence-electron chi connectivity index (χ4n) is 3.39. The van der Waals surface area contributed by atoms with Crippen molar-refractivity contribution in [3.8, 4) is 0 Å². The van der Waals surface area contributed by atoms with Crippen LogP contribution in [0, 0.1) is 6.92 Å². The highest BCUT2D eigenvalue weighted by atomic mass is 32.1. The second kappa shape index (κ2) is 5.77. The molecule has 1 aliphatic rings. The minimum absolute atomic E-state index is 0.182. The summed E-state index contributed by atoms with van der Waals surface area (Å²) in [4.78, 5) is 31.4. The molecular weight excluding hydrogens is 350 g/mol. The lowest BCUT2D eigenvalue weighted by molar-refractivity contribution is 0.0657. The third kappa shape index (κ3) is 2.26. The van der Waals surface area contributed by atoms with Crippen molar-refractivity contribution in [3.05, 3.63) is 64.8 Å². The normalized spacial score (nSPS) is 16.8. The molecule has 4 aromatic rings. The van der Waals surface area contributed by atoms with Crippen molar-refractivity contribution in [3.63, 3.8) is 0 Å². The van der Waals surface area contributed by atoms with Crippen LogP contribution in [0.15, 0.2) is 41.4 Å². The molecule has 1 aliphatic heterocycles. The third-order valence-corrected chi connectivity index (χ3v) is 5.76. The molecule has 0 bridgehead atoms. The number of thiazole rings is 1. The van der Waals surface area contributed by atoms with E-state index in [1.807, 2.05) is 24.3 Å². The Morgan fingerprint density at radius 2 is 2.23 bits per heavy atom. The third-order valence-electron chi connectivity index (χ3n) is 4.67. The first-order chi connectivity index (χ1) is 12.7. The quantitative estimate of drug-likeness (QED) is 0.590. The van der Waals surface area contributed by atoms with E-state index in [0.717, 1.165) is 33.0 Å². The van der Waals surface area contributed by atoms with Crippen LogP contribution in [0.4, 0.5) is 0 Å². The molecule has 0 radical (unpaired) electrons. The summed E-state index contributed by atoms with van der Waals surface area (Å²) in [5.74, 6) is 0.0907. The average molecular weight is 365 g/mol. The molecule has 26 heavy (non-hydrogen) atoms. The van der Waals surface area contributed by atoms with Gasteiger partial charge in [0.2, 0.25) is 5.76 Å². The van der Waals surface area contributed by atoms with E-state index in [0.29, 0.717) is 12.2 Å². The molecule has 1 N–H and O–H groups in total. The van der Waals surface area contributed by atoms with Crippen LogP contribution in [-0.4, -0.2) is 37.3 Å². The van der Waals surface area contributed by atoms with Crippen molar-refractivity contribution in [1.82, 2.24) is 24.8 Å². The number of carbonyl (C=O) groups is 1. The predicted molar refractivity (Wildman–Crippen MR) is 96.0 cm³/mol. The van der Waals surface area contributed by atoms with Crippen molar-refractivity contribution >= 4 is 27.5 Å². The number of nitrogens with one attached hydrogen (secondary N) is 1. The Morgan fingerprint density at radius 1 is 1.35 bits per heavy atom. The minimum Gasteiger partial charge on any atom is -0.438 e. The number of oxazole rings is 1. The molecule has 3 aromatic heterocycles. The molecule has 7 nitrogen and oxygen atoms in total. The van der Waals surface area contributed by atoms with Crippen molar-refractivity contribution in [2.75, 3.05) is 6.54 Å². The number of aromatic amines is 1. The van der Waals surface area contributed by atoms with Crippen molar-refractivity contribution in [2.45, 2.75) is 19.4 Å². The van der Waals surface area contributed by atoms with E-state index in [1.165, 1.54) is 6.39 Å². The summed E-state index contributed by atoms with van der Waals surface area (Å²) in [5, 5.41) is 0.852. The lowest BCUT2D eigenvalue weighted by atomic mass is 10.0. The molecule has 0 fully saturated rings. The Hall–Kier alpha value is -3.00. The number of aryl methyl sites for hydroxylation is 1. The summed E-state index contributed by atoms with van der Waals surface area (Å²) in [6, 6.07) is 7.65. The van der Waals surface area contributed by atoms with E-state index in [-0.39, 0.29) is 17.7 Å². The Kier molecular flexibility index (Phi) is 3.39. The summed E-state index contributed by atoms with van der Waals surface area (Å²) in [6.07, 6.45) is 3.70. The summed E-state index contributed by atoms with van der Waals surface area (Å²) >= 11 is 1.59. The van der Waals surface area contributed by atoms with Gasteiger partial charge in [0.1, 0.15) is 11.0 Å². The van der Waals surface area contributed by atoms with Gasteiger partial charge in [-0.3, -0.25) is 4.79 Å². The fourth-order valence-corrected chi connectivity index (χ4v) is 4.47. The largest absolute Gasteiger partial charge is 0.438 e.